The standard InChI is InChI=1S/C15H13N3/c16-13-8-6-11(7-9-13)14-10-17-18-15(14)12-4-2-1-3-5-12/h1-10H,16H2,(H,17,18). The highest BCUT2D eigenvalue weighted by atomic mass is 15.1. The smallest absolute Gasteiger partial charge is 0.0728 e. The van der Waals surface area contributed by atoms with Crippen LogP contribution in [0, 0.1) is 0 Å². The van der Waals surface area contributed by atoms with Crippen molar-refractivity contribution in [2.75, 3.05) is 5.73 Å². The summed E-state index contributed by atoms with van der Waals surface area (Å²) in [4.78, 5) is 0. The zero-order chi connectivity index (χ0) is 12.4. The molecule has 18 heavy (non-hydrogen) atoms. The number of anilines is 1. The second-order valence-electron chi connectivity index (χ2n) is 4.15. The second kappa shape index (κ2) is 4.37. The topological polar surface area (TPSA) is 54.7 Å². The minimum Gasteiger partial charge on any atom is -0.399 e. The van der Waals surface area contributed by atoms with Gasteiger partial charge in [-0.3, -0.25) is 5.10 Å². The lowest BCUT2D eigenvalue weighted by Crippen LogP contribution is -1.85. The van der Waals surface area contributed by atoms with E-state index >= 15 is 0 Å². The molecule has 0 aliphatic heterocycles. The number of rotatable bonds is 2. The van der Waals surface area contributed by atoms with Crippen LogP contribution >= 0.6 is 0 Å². The summed E-state index contributed by atoms with van der Waals surface area (Å²) in [5, 5.41) is 7.19. The van der Waals surface area contributed by atoms with Crippen molar-refractivity contribution in [1.82, 2.24) is 10.2 Å². The van der Waals surface area contributed by atoms with Crippen molar-refractivity contribution >= 4 is 5.69 Å². The number of nitrogens with two attached hydrogens (primary N) is 1. The summed E-state index contributed by atoms with van der Waals surface area (Å²) in [6.45, 7) is 0. The Kier molecular flexibility index (Phi) is 2.57. The SMILES string of the molecule is Nc1ccc(-c2cn[nH]c2-c2ccccc2)cc1. The minimum absolute atomic E-state index is 0.767. The predicted octanol–water partition coefficient (Wildman–Crippen LogP) is 3.33. The Morgan fingerprint density at radius 1 is 0.833 bits per heavy atom. The Bertz CT molecular complexity index is 639. The lowest BCUT2D eigenvalue weighted by Gasteiger charge is -2.04. The first-order chi connectivity index (χ1) is 8.84. The van der Waals surface area contributed by atoms with Gasteiger partial charge in [-0.05, 0) is 17.7 Å². The van der Waals surface area contributed by atoms with Gasteiger partial charge in [0.25, 0.3) is 0 Å². The van der Waals surface area contributed by atoms with Gasteiger partial charge in [0.2, 0.25) is 0 Å². The van der Waals surface area contributed by atoms with Gasteiger partial charge in [-0.15, -0.1) is 0 Å². The summed E-state index contributed by atoms with van der Waals surface area (Å²) in [5.41, 5.74) is 10.8. The molecule has 3 aromatic rings. The number of H-pyrrole nitrogens is 1. The lowest BCUT2D eigenvalue weighted by atomic mass is 10.0. The molecule has 0 aliphatic rings. The van der Waals surface area contributed by atoms with E-state index in [-0.39, 0.29) is 0 Å². The fourth-order valence-corrected chi connectivity index (χ4v) is 1.99. The molecule has 88 valence electrons. The van der Waals surface area contributed by atoms with Crippen LogP contribution < -0.4 is 5.73 Å². The van der Waals surface area contributed by atoms with Crippen LogP contribution in [0.1, 0.15) is 0 Å². The van der Waals surface area contributed by atoms with E-state index in [4.69, 9.17) is 5.73 Å². The normalized spacial score (nSPS) is 10.4. The molecule has 3 rings (SSSR count). The largest absolute Gasteiger partial charge is 0.399 e. The third kappa shape index (κ3) is 1.86. The summed E-state index contributed by atoms with van der Waals surface area (Å²) in [5.74, 6) is 0. The number of nitrogens with one attached hydrogen (secondary N) is 1. The van der Waals surface area contributed by atoms with Gasteiger partial charge in [-0.1, -0.05) is 42.5 Å². The number of aromatic nitrogens is 2. The van der Waals surface area contributed by atoms with Crippen molar-refractivity contribution in [3.63, 3.8) is 0 Å². The van der Waals surface area contributed by atoms with E-state index in [1.165, 1.54) is 0 Å². The van der Waals surface area contributed by atoms with E-state index in [1.807, 2.05) is 48.7 Å². The number of benzene rings is 2. The van der Waals surface area contributed by atoms with Crippen molar-refractivity contribution in [2.24, 2.45) is 0 Å². The van der Waals surface area contributed by atoms with Gasteiger partial charge < -0.3 is 5.73 Å². The highest BCUT2D eigenvalue weighted by Gasteiger charge is 2.08. The van der Waals surface area contributed by atoms with Crippen molar-refractivity contribution in [2.45, 2.75) is 0 Å². The molecule has 0 bridgehead atoms. The van der Waals surface area contributed by atoms with Crippen LogP contribution in [-0.2, 0) is 0 Å². The van der Waals surface area contributed by atoms with Crippen LogP contribution in [0.25, 0.3) is 22.4 Å². The molecule has 1 heterocycles. The molecule has 3 N–H and O–H groups in total. The monoisotopic (exact) mass is 235 g/mol. The Balaban J connectivity index is 2.10. The molecule has 0 saturated carbocycles. The van der Waals surface area contributed by atoms with Crippen LogP contribution in [-0.4, -0.2) is 10.2 Å². The fraction of sp³-hybridized carbons (Fsp3) is 0. The van der Waals surface area contributed by atoms with Gasteiger partial charge in [-0.2, -0.15) is 5.10 Å². The molecule has 0 radical (unpaired) electrons. The predicted molar refractivity (Wildman–Crippen MR) is 73.9 cm³/mol. The van der Waals surface area contributed by atoms with E-state index in [9.17, 15) is 0 Å². The molecular formula is C15H13N3. The van der Waals surface area contributed by atoms with E-state index < -0.39 is 0 Å². The van der Waals surface area contributed by atoms with Crippen molar-refractivity contribution in [1.29, 1.82) is 0 Å². The quantitative estimate of drug-likeness (QED) is 0.669. The average Bonchev–Trinajstić information content (AvgIpc) is 2.90. The summed E-state index contributed by atoms with van der Waals surface area (Å²) in [7, 11) is 0. The molecule has 0 amide bonds. The van der Waals surface area contributed by atoms with Crippen LogP contribution in [0.3, 0.4) is 0 Å². The third-order valence-corrected chi connectivity index (χ3v) is 2.92. The van der Waals surface area contributed by atoms with Crippen molar-refractivity contribution < 1.29 is 0 Å². The molecule has 0 atom stereocenters. The maximum absolute atomic E-state index is 5.71. The zero-order valence-corrected chi connectivity index (χ0v) is 9.80. The maximum atomic E-state index is 5.71. The Labute approximate surface area is 105 Å². The molecule has 3 heteroatoms. The highest BCUT2D eigenvalue weighted by molar-refractivity contribution is 5.80. The average molecular weight is 235 g/mol. The first kappa shape index (κ1) is 10.6. The zero-order valence-electron chi connectivity index (χ0n) is 9.80. The summed E-state index contributed by atoms with van der Waals surface area (Å²) >= 11 is 0. The summed E-state index contributed by atoms with van der Waals surface area (Å²) in [6, 6.07) is 18.0. The van der Waals surface area contributed by atoms with Gasteiger partial charge in [0.1, 0.15) is 0 Å². The highest BCUT2D eigenvalue weighted by Crippen LogP contribution is 2.30. The summed E-state index contributed by atoms with van der Waals surface area (Å²) < 4.78 is 0. The Hall–Kier alpha value is -2.55. The lowest BCUT2D eigenvalue weighted by molar-refractivity contribution is 1.10. The number of hydrogen-bond donors (Lipinski definition) is 2. The first-order valence-electron chi connectivity index (χ1n) is 5.79. The van der Waals surface area contributed by atoms with Crippen LogP contribution in [0.5, 0.6) is 0 Å². The Morgan fingerprint density at radius 3 is 2.28 bits per heavy atom. The van der Waals surface area contributed by atoms with Gasteiger partial charge in [0, 0.05) is 16.8 Å². The molecule has 0 unspecified atom stereocenters. The van der Waals surface area contributed by atoms with Crippen LogP contribution in [0.2, 0.25) is 0 Å². The third-order valence-electron chi connectivity index (χ3n) is 2.92. The first-order valence-corrected chi connectivity index (χ1v) is 5.79. The van der Waals surface area contributed by atoms with Crippen molar-refractivity contribution in [3.05, 3.63) is 60.8 Å². The van der Waals surface area contributed by atoms with Crippen LogP contribution in [0.15, 0.2) is 60.8 Å². The molecule has 0 fully saturated rings. The molecule has 3 nitrogen and oxygen atoms in total. The molecule has 0 aliphatic carbocycles. The van der Waals surface area contributed by atoms with Gasteiger partial charge >= 0.3 is 0 Å². The second-order valence-corrected chi connectivity index (χ2v) is 4.15. The van der Waals surface area contributed by atoms with Gasteiger partial charge in [-0.25, -0.2) is 0 Å². The summed E-state index contributed by atoms with van der Waals surface area (Å²) in [6.07, 6.45) is 1.84. The van der Waals surface area contributed by atoms with E-state index in [2.05, 4.69) is 22.3 Å². The minimum atomic E-state index is 0.767. The van der Waals surface area contributed by atoms with Crippen molar-refractivity contribution in [3.8, 4) is 22.4 Å². The maximum Gasteiger partial charge on any atom is 0.0728 e. The van der Waals surface area contributed by atoms with E-state index in [0.29, 0.717) is 0 Å². The number of aromatic amines is 1. The number of hydrogen-bond acceptors (Lipinski definition) is 2. The number of nitrogen functional groups attached to an aromatic ring is 1. The van der Waals surface area contributed by atoms with Crippen LogP contribution in [0.4, 0.5) is 5.69 Å². The number of nitrogens with zero attached hydrogens (tertiary/aromatic N) is 1. The molecule has 1 aromatic heterocycles. The molecule has 2 aromatic carbocycles. The van der Waals surface area contributed by atoms with E-state index in [0.717, 1.165) is 28.1 Å². The fourth-order valence-electron chi connectivity index (χ4n) is 1.99. The Morgan fingerprint density at radius 2 is 1.56 bits per heavy atom. The van der Waals surface area contributed by atoms with Gasteiger partial charge in [0.05, 0.1) is 11.9 Å². The molecule has 0 spiro atoms. The molecular weight excluding hydrogens is 222 g/mol. The van der Waals surface area contributed by atoms with E-state index in [1.54, 1.807) is 0 Å². The van der Waals surface area contributed by atoms with Gasteiger partial charge in [0.15, 0.2) is 0 Å². The molecule has 0 saturated heterocycles.